The molecular weight excluding hydrogens is 148 g/mol. The second-order valence-electron chi connectivity index (χ2n) is 2.65. The molecule has 0 heterocycles. The second-order valence-corrected chi connectivity index (χ2v) is 2.65. The molecule has 1 heteroatoms. The SMILES string of the molecule is C=CCC(=C)c1cccc(O)c1. The zero-order valence-electron chi connectivity index (χ0n) is 6.96. The van der Waals surface area contributed by atoms with Crippen LogP contribution in [-0.2, 0) is 0 Å². The molecule has 0 aromatic heterocycles. The Morgan fingerprint density at radius 2 is 2.25 bits per heavy atom. The summed E-state index contributed by atoms with van der Waals surface area (Å²) in [5.74, 6) is 0.276. The van der Waals surface area contributed by atoms with Gasteiger partial charge in [0.1, 0.15) is 5.75 Å². The van der Waals surface area contributed by atoms with Crippen LogP contribution in [0.3, 0.4) is 0 Å². The normalized spacial score (nSPS) is 9.33. The molecule has 1 aromatic rings. The van der Waals surface area contributed by atoms with Gasteiger partial charge in [0.2, 0.25) is 0 Å². The second kappa shape index (κ2) is 3.77. The first-order valence-corrected chi connectivity index (χ1v) is 3.82. The van der Waals surface area contributed by atoms with Crippen LogP contribution in [0.15, 0.2) is 43.5 Å². The molecule has 0 fully saturated rings. The summed E-state index contributed by atoms with van der Waals surface area (Å²) in [7, 11) is 0. The number of benzene rings is 1. The maximum Gasteiger partial charge on any atom is 0.116 e. The Hall–Kier alpha value is -1.50. The van der Waals surface area contributed by atoms with E-state index in [9.17, 15) is 0 Å². The standard InChI is InChI=1S/C11H12O/c1-3-5-9(2)10-6-4-7-11(12)8-10/h3-4,6-8,12H,1-2,5H2. The minimum atomic E-state index is 0.276. The van der Waals surface area contributed by atoms with E-state index in [0.29, 0.717) is 0 Å². The van der Waals surface area contributed by atoms with Gasteiger partial charge >= 0.3 is 0 Å². The minimum Gasteiger partial charge on any atom is -0.508 e. The minimum absolute atomic E-state index is 0.276. The predicted molar refractivity (Wildman–Crippen MR) is 52.0 cm³/mol. The van der Waals surface area contributed by atoms with Crippen LogP contribution in [0.25, 0.3) is 5.57 Å². The molecule has 1 nitrogen and oxygen atoms in total. The Kier molecular flexibility index (Phi) is 2.70. The lowest BCUT2D eigenvalue weighted by Crippen LogP contribution is -1.79. The first-order valence-electron chi connectivity index (χ1n) is 3.82. The van der Waals surface area contributed by atoms with Crippen molar-refractivity contribution in [3.63, 3.8) is 0 Å². The van der Waals surface area contributed by atoms with E-state index in [-0.39, 0.29) is 5.75 Å². The summed E-state index contributed by atoms with van der Waals surface area (Å²) >= 11 is 0. The largest absolute Gasteiger partial charge is 0.508 e. The van der Waals surface area contributed by atoms with Crippen molar-refractivity contribution in [1.29, 1.82) is 0 Å². The molecular formula is C11H12O. The van der Waals surface area contributed by atoms with Crippen molar-refractivity contribution in [2.75, 3.05) is 0 Å². The van der Waals surface area contributed by atoms with Crippen LogP contribution < -0.4 is 0 Å². The zero-order chi connectivity index (χ0) is 8.97. The Balaban J connectivity index is 2.87. The lowest BCUT2D eigenvalue weighted by Gasteiger charge is -2.02. The molecule has 12 heavy (non-hydrogen) atoms. The Bertz CT molecular complexity index is 300. The van der Waals surface area contributed by atoms with Gasteiger partial charge in [0, 0.05) is 0 Å². The average Bonchev–Trinajstić information content (AvgIpc) is 2.05. The monoisotopic (exact) mass is 160 g/mol. The van der Waals surface area contributed by atoms with E-state index < -0.39 is 0 Å². The van der Waals surface area contributed by atoms with Gasteiger partial charge in [-0.3, -0.25) is 0 Å². The molecule has 0 spiro atoms. The van der Waals surface area contributed by atoms with Gasteiger partial charge < -0.3 is 5.11 Å². The third-order valence-corrected chi connectivity index (χ3v) is 1.65. The molecule has 0 aliphatic carbocycles. The highest BCUT2D eigenvalue weighted by atomic mass is 16.3. The summed E-state index contributed by atoms with van der Waals surface area (Å²) in [6.07, 6.45) is 2.55. The van der Waals surface area contributed by atoms with Crippen LogP contribution in [0, 0.1) is 0 Å². The molecule has 0 bridgehead atoms. The summed E-state index contributed by atoms with van der Waals surface area (Å²) < 4.78 is 0. The van der Waals surface area contributed by atoms with Crippen molar-refractivity contribution in [3.8, 4) is 5.75 Å². The highest BCUT2D eigenvalue weighted by molar-refractivity contribution is 5.65. The van der Waals surface area contributed by atoms with E-state index in [1.807, 2.05) is 6.07 Å². The number of phenols is 1. The molecule has 62 valence electrons. The van der Waals surface area contributed by atoms with E-state index in [1.54, 1.807) is 24.3 Å². The molecule has 0 amide bonds. The number of allylic oxidation sites excluding steroid dienone is 2. The van der Waals surface area contributed by atoms with Crippen molar-refractivity contribution in [2.24, 2.45) is 0 Å². The number of phenolic OH excluding ortho intramolecular Hbond substituents is 1. The van der Waals surface area contributed by atoms with Crippen LogP contribution in [0.5, 0.6) is 5.75 Å². The summed E-state index contributed by atoms with van der Waals surface area (Å²) in [5, 5.41) is 9.16. The summed E-state index contributed by atoms with van der Waals surface area (Å²) in [4.78, 5) is 0. The van der Waals surface area contributed by atoms with Gasteiger partial charge in [-0.2, -0.15) is 0 Å². The predicted octanol–water partition coefficient (Wildman–Crippen LogP) is 2.98. The molecule has 0 atom stereocenters. The number of aromatic hydroxyl groups is 1. The fourth-order valence-electron chi connectivity index (χ4n) is 1.02. The molecule has 1 aromatic carbocycles. The maximum absolute atomic E-state index is 9.16. The molecule has 0 saturated heterocycles. The molecule has 0 aliphatic rings. The summed E-state index contributed by atoms with van der Waals surface area (Å²) in [5.41, 5.74) is 1.94. The molecule has 0 aliphatic heterocycles. The fourth-order valence-corrected chi connectivity index (χ4v) is 1.02. The average molecular weight is 160 g/mol. The lowest BCUT2D eigenvalue weighted by atomic mass is 10.0. The zero-order valence-corrected chi connectivity index (χ0v) is 6.96. The maximum atomic E-state index is 9.16. The van der Waals surface area contributed by atoms with Gasteiger partial charge in [-0.25, -0.2) is 0 Å². The highest BCUT2D eigenvalue weighted by Gasteiger charge is 1.96. The summed E-state index contributed by atoms with van der Waals surface area (Å²) in [6, 6.07) is 7.07. The quantitative estimate of drug-likeness (QED) is 0.674. The van der Waals surface area contributed by atoms with Crippen molar-refractivity contribution in [2.45, 2.75) is 6.42 Å². The van der Waals surface area contributed by atoms with E-state index in [1.165, 1.54) is 0 Å². The van der Waals surface area contributed by atoms with E-state index in [4.69, 9.17) is 5.11 Å². The summed E-state index contributed by atoms with van der Waals surface area (Å²) in [6.45, 7) is 7.50. The number of rotatable bonds is 3. The molecule has 1 N–H and O–H groups in total. The van der Waals surface area contributed by atoms with Crippen LogP contribution in [-0.4, -0.2) is 5.11 Å². The van der Waals surface area contributed by atoms with Crippen LogP contribution in [0.4, 0.5) is 0 Å². The van der Waals surface area contributed by atoms with Crippen molar-refractivity contribution in [1.82, 2.24) is 0 Å². The first kappa shape index (κ1) is 8.60. The lowest BCUT2D eigenvalue weighted by molar-refractivity contribution is 0.475. The van der Waals surface area contributed by atoms with Crippen LogP contribution in [0.1, 0.15) is 12.0 Å². The third-order valence-electron chi connectivity index (χ3n) is 1.65. The van der Waals surface area contributed by atoms with E-state index in [0.717, 1.165) is 17.6 Å². The Morgan fingerprint density at radius 1 is 1.50 bits per heavy atom. The molecule has 0 unspecified atom stereocenters. The first-order chi connectivity index (χ1) is 5.74. The van der Waals surface area contributed by atoms with Crippen molar-refractivity contribution < 1.29 is 5.11 Å². The van der Waals surface area contributed by atoms with Gasteiger partial charge in [0.05, 0.1) is 0 Å². The van der Waals surface area contributed by atoms with Gasteiger partial charge in [-0.05, 0) is 29.7 Å². The van der Waals surface area contributed by atoms with E-state index >= 15 is 0 Å². The molecule has 1 rings (SSSR count). The van der Waals surface area contributed by atoms with Crippen molar-refractivity contribution >= 4 is 5.57 Å². The van der Waals surface area contributed by atoms with Gasteiger partial charge in [0.25, 0.3) is 0 Å². The third kappa shape index (κ3) is 1.99. The smallest absolute Gasteiger partial charge is 0.116 e. The van der Waals surface area contributed by atoms with Crippen molar-refractivity contribution in [3.05, 3.63) is 49.1 Å². The molecule has 0 saturated carbocycles. The topological polar surface area (TPSA) is 20.2 Å². The van der Waals surface area contributed by atoms with E-state index in [2.05, 4.69) is 13.2 Å². The molecule has 0 radical (unpaired) electrons. The number of hydrogen-bond donors (Lipinski definition) is 1. The van der Waals surface area contributed by atoms with Gasteiger partial charge in [-0.15, -0.1) is 6.58 Å². The Morgan fingerprint density at radius 3 is 2.83 bits per heavy atom. The number of hydrogen-bond acceptors (Lipinski definition) is 1. The van der Waals surface area contributed by atoms with Crippen LogP contribution >= 0.6 is 0 Å². The highest BCUT2D eigenvalue weighted by Crippen LogP contribution is 2.20. The van der Waals surface area contributed by atoms with Crippen LogP contribution in [0.2, 0.25) is 0 Å². The van der Waals surface area contributed by atoms with Gasteiger partial charge in [-0.1, -0.05) is 24.8 Å². The Labute approximate surface area is 72.7 Å². The van der Waals surface area contributed by atoms with Gasteiger partial charge in [0.15, 0.2) is 0 Å². The fraction of sp³-hybridized carbons (Fsp3) is 0.0909.